The van der Waals surface area contributed by atoms with Crippen molar-refractivity contribution in [3.63, 3.8) is 0 Å². The molecule has 0 N–H and O–H groups in total. The number of benzene rings is 1. The largest absolute Gasteiger partial charge is 0.338 e. The maximum absolute atomic E-state index is 12.2. The second-order valence-corrected chi connectivity index (χ2v) is 5.47. The molecule has 0 aliphatic heterocycles. The Hall–Kier alpha value is -1.87. The molecule has 0 saturated heterocycles. The van der Waals surface area contributed by atoms with Crippen LogP contribution in [0.1, 0.15) is 17.4 Å². The summed E-state index contributed by atoms with van der Waals surface area (Å²) in [4.78, 5) is 15.1. The lowest BCUT2D eigenvalue weighted by Crippen LogP contribution is -2.26. The second kappa shape index (κ2) is 6.34. The van der Waals surface area contributed by atoms with Crippen LogP contribution in [-0.2, 0) is 11.3 Å². The van der Waals surface area contributed by atoms with Crippen LogP contribution >= 0.6 is 11.3 Å². The molecule has 1 aromatic heterocycles. The van der Waals surface area contributed by atoms with E-state index < -0.39 is 0 Å². The van der Waals surface area contributed by atoms with Gasteiger partial charge in [-0.3, -0.25) is 4.79 Å². The first-order valence-corrected chi connectivity index (χ1v) is 7.06. The van der Waals surface area contributed by atoms with Gasteiger partial charge in [0, 0.05) is 24.0 Å². The van der Waals surface area contributed by atoms with Gasteiger partial charge in [-0.2, -0.15) is 0 Å². The molecule has 0 radical (unpaired) electrons. The molecule has 1 aromatic carbocycles. The molecule has 3 heteroatoms. The van der Waals surface area contributed by atoms with Crippen LogP contribution in [0.5, 0.6) is 0 Å². The summed E-state index contributed by atoms with van der Waals surface area (Å²) in [6, 6.07) is 14.0. The van der Waals surface area contributed by atoms with Crippen molar-refractivity contribution in [1.82, 2.24) is 4.90 Å². The van der Waals surface area contributed by atoms with Gasteiger partial charge >= 0.3 is 0 Å². The Morgan fingerprint density at radius 1 is 1.21 bits per heavy atom. The zero-order chi connectivity index (χ0) is 13.7. The van der Waals surface area contributed by atoms with Crippen LogP contribution in [-0.4, -0.2) is 17.9 Å². The molecule has 1 heterocycles. The predicted molar refractivity (Wildman–Crippen MR) is 80.9 cm³/mol. The molecule has 0 unspecified atom stereocenters. The fourth-order valence-electron chi connectivity index (χ4n) is 1.88. The average Bonchev–Trinajstić information content (AvgIpc) is 2.91. The van der Waals surface area contributed by atoms with Gasteiger partial charge in [-0.1, -0.05) is 36.4 Å². The Morgan fingerprint density at radius 3 is 2.58 bits per heavy atom. The zero-order valence-electron chi connectivity index (χ0n) is 11.2. The SMILES string of the molecule is C/C(=C\c1cccs1)C(=O)N(C)Cc1ccccc1. The molecule has 98 valence electrons. The maximum atomic E-state index is 12.2. The minimum Gasteiger partial charge on any atom is -0.338 e. The van der Waals surface area contributed by atoms with Gasteiger partial charge in [-0.05, 0) is 30.0 Å². The molecule has 1 amide bonds. The van der Waals surface area contributed by atoms with E-state index in [0.717, 1.165) is 16.0 Å². The molecule has 0 saturated carbocycles. The summed E-state index contributed by atoms with van der Waals surface area (Å²) in [6.45, 7) is 2.50. The number of thiophene rings is 1. The van der Waals surface area contributed by atoms with E-state index in [1.54, 1.807) is 16.2 Å². The number of amides is 1. The quantitative estimate of drug-likeness (QED) is 0.774. The molecule has 0 aliphatic rings. The van der Waals surface area contributed by atoms with Crippen LogP contribution in [0, 0.1) is 0 Å². The Labute approximate surface area is 118 Å². The monoisotopic (exact) mass is 271 g/mol. The van der Waals surface area contributed by atoms with Crippen molar-refractivity contribution in [2.24, 2.45) is 0 Å². The molecule has 0 fully saturated rings. The maximum Gasteiger partial charge on any atom is 0.249 e. The van der Waals surface area contributed by atoms with E-state index in [1.807, 2.05) is 67.9 Å². The van der Waals surface area contributed by atoms with Crippen LogP contribution in [0.4, 0.5) is 0 Å². The molecule has 0 aliphatic carbocycles. The van der Waals surface area contributed by atoms with Gasteiger partial charge < -0.3 is 4.90 Å². The van der Waals surface area contributed by atoms with Crippen molar-refractivity contribution in [3.8, 4) is 0 Å². The smallest absolute Gasteiger partial charge is 0.249 e. The van der Waals surface area contributed by atoms with E-state index in [0.29, 0.717) is 6.54 Å². The van der Waals surface area contributed by atoms with E-state index in [-0.39, 0.29) is 5.91 Å². The molecular weight excluding hydrogens is 254 g/mol. The standard InChI is InChI=1S/C16H17NOS/c1-13(11-15-9-6-10-19-15)16(18)17(2)12-14-7-4-3-5-8-14/h3-11H,12H2,1-2H3/b13-11+. The minimum absolute atomic E-state index is 0.0669. The fraction of sp³-hybridized carbons (Fsp3) is 0.188. The summed E-state index contributed by atoms with van der Waals surface area (Å²) in [7, 11) is 1.83. The average molecular weight is 271 g/mol. The van der Waals surface area contributed by atoms with Crippen molar-refractivity contribution in [1.29, 1.82) is 0 Å². The lowest BCUT2D eigenvalue weighted by atomic mass is 10.2. The summed E-state index contributed by atoms with van der Waals surface area (Å²) in [5.41, 5.74) is 1.91. The highest BCUT2D eigenvalue weighted by Gasteiger charge is 2.11. The van der Waals surface area contributed by atoms with E-state index in [4.69, 9.17) is 0 Å². The lowest BCUT2D eigenvalue weighted by Gasteiger charge is -2.17. The van der Waals surface area contributed by atoms with Gasteiger partial charge in [-0.25, -0.2) is 0 Å². The van der Waals surface area contributed by atoms with Crippen molar-refractivity contribution < 1.29 is 4.79 Å². The summed E-state index contributed by atoms with van der Waals surface area (Å²) in [5, 5.41) is 2.01. The van der Waals surface area contributed by atoms with Gasteiger partial charge in [0.1, 0.15) is 0 Å². The first kappa shape index (κ1) is 13.6. The van der Waals surface area contributed by atoms with Crippen LogP contribution in [0.3, 0.4) is 0 Å². The molecular formula is C16H17NOS. The molecule has 2 nitrogen and oxygen atoms in total. The first-order valence-electron chi connectivity index (χ1n) is 6.18. The second-order valence-electron chi connectivity index (χ2n) is 4.49. The number of hydrogen-bond donors (Lipinski definition) is 0. The van der Waals surface area contributed by atoms with Gasteiger partial charge in [0.05, 0.1) is 0 Å². The van der Waals surface area contributed by atoms with Gasteiger partial charge in [0.15, 0.2) is 0 Å². The van der Waals surface area contributed by atoms with Crippen molar-refractivity contribution >= 4 is 23.3 Å². The number of hydrogen-bond acceptors (Lipinski definition) is 2. The summed E-state index contributed by atoms with van der Waals surface area (Å²) < 4.78 is 0. The molecule has 19 heavy (non-hydrogen) atoms. The third-order valence-corrected chi connectivity index (χ3v) is 3.67. The van der Waals surface area contributed by atoms with Crippen LogP contribution in [0.25, 0.3) is 6.08 Å². The van der Waals surface area contributed by atoms with Gasteiger partial charge in [0.2, 0.25) is 5.91 Å². The number of carbonyl (C=O) groups is 1. The van der Waals surface area contributed by atoms with Gasteiger partial charge in [0.25, 0.3) is 0 Å². The molecule has 2 rings (SSSR count). The minimum atomic E-state index is 0.0669. The van der Waals surface area contributed by atoms with E-state index >= 15 is 0 Å². The highest BCUT2D eigenvalue weighted by atomic mass is 32.1. The van der Waals surface area contributed by atoms with Crippen LogP contribution in [0.2, 0.25) is 0 Å². The lowest BCUT2D eigenvalue weighted by molar-refractivity contribution is -0.126. The fourth-order valence-corrected chi connectivity index (χ4v) is 2.59. The Bertz CT molecular complexity index is 558. The van der Waals surface area contributed by atoms with E-state index in [1.165, 1.54) is 0 Å². The summed E-state index contributed by atoms with van der Waals surface area (Å²) in [6.07, 6.45) is 1.94. The van der Waals surface area contributed by atoms with E-state index in [9.17, 15) is 4.79 Å². The number of likely N-dealkylation sites (N-methyl/N-ethyl adjacent to an activating group) is 1. The third-order valence-electron chi connectivity index (χ3n) is 2.85. The van der Waals surface area contributed by atoms with Crippen LogP contribution < -0.4 is 0 Å². The number of carbonyl (C=O) groups excluding carboxylic acids is 1. The highest BCUT2D eigenvalue weighted by Crippen LogP contribution is 2.15. The zero-order valence-corrected chi connectivity index (χ0v) is 12.0. The van der Waals surface area contributed by atoms with Crippen LogP contribution in [0.15, 0.2) is 53.4 Å². The normalized spacial score (nSPS) is 11.4. The van der Waals surface area contributed by atoms with E-state index in [2.05, 4.69) is 0 Å². The van der Waals surface area contributed by atoms with Gasteiger partial charge in [-0.15, -0.1) is 11.3 Å². The number of rotatable bonds is 4. The highest BCUT2D eigenvalue weighted by molar-refractivity contribution is 7.10. The Balaban J connectivity index is 2.03. The predicted octanol–water partition coefficient (Wildman–Crippen LogP) is 3.81. The summed E-state index contributed by atoms with van der Waals surface area (Å²) >= 11 is 1.64. The Morgan fingerprint density at radius 2 is 1.95 bits per heavy atom. The first-order chi connectivity index (χ1) is 9.16. The topological polar surface area (TPSA) is 20.3 Å². The Kier molecular flexibility index (Phi) is 4.53. The van der Waals surface area contributed by atoms with Crippen molar-refractivity contribution in [2.75, 3.05) is 7.05 Å². The summed E-state index contributed by atoms with van der Waals surface area (Å²) in [5.74, 6) is 0.0669. The molecule has 0 atom stereocenters. The van der Waals surface area contributed by atoms with Crippen molar-refractivity contribution in [2.45, 2.75) is 13.5 Å². The molecule has 0 bridgehead atoms. The number of nitrogens with zero attached hydrogens (tertiary/aromatic N) is 1. The van der Waals surface area contributed by atoms with Crippen molar-refractivity contribution in [3.05, 3.63) is 63.9 Å². The molecule has 2 aromatic rings. The third kappa shape index (κ3) is 3.80. The molecule has 0 spiro atoms.